The maximum absolute atomic E-state index is 5.48. The molecule has 1 saturated heterocycles. The van der Waals surface area contributed by atoms with E-state index in [1.807, 2.05) is 0 Å². The maximum Gasteiger partial charge on any atom is 0.191 e. The van der Waals surface area contributed by atoms with Crippen molar-refractivity contribution in [2.45, 2.75) is 46.2 Å². The summed E-state index contributed by atoms with van der Waals surface area (Å²) in [7, 11) is 1.72. The van der Waals surface area contributed by atoms with Gasteiger partial charge in [0.25, 0.3) is 0 Å². The predicted octanol–water partition coefficient (Wildman–Crippen LogP) is 1.94. The van der Waals surface area contributed by atoms with E-state index in [2.05, 4.69) is 43.2 Å². The molecule has 1 aliphatic heterocycles. The molecule has 6 nitrogen and oxygen atoms in total. The van der Waals surface area contributed by atoms with Gasteiger partial charge in [0.05, 0.1) is 26.4 Å². The zero-order valence-corrected chi connectivity index (χ0v) is 18.3. The molecule has 0 aromatic heterocycles. The van der Waals surface area contributed by atoms with Crippen LogP contribution in [-0.4, -0.2) is 76.1 Å². The van der Waals surface area contributed by atoms with Crippen molar-refractivity contribution >= 4 is 29.9 Å². The van der Waals surface area contributed by atoms with Gasteiger partial charge in [-0.05, 0) is 26.2 Å². The van der Waals surface area contributed by atoms with Gasteiger partial charge >= 0.3 is 0 Å². The van der Waals surface area contributed by atoms with Gasteiger partial charge in [-0.15, -0.1) is 24.0 Å². The van der Waals surface area contributed by atoms with Crippen molar-refractivity contribution in [3.63, 3.8) is 0 Å². The highest BCUT2D eigenvalue weighted by Crippen LogP contribution is 2.14. The summed E-state index contributed by atoms with van der Waals surface area (Å²) >= 11 is 0. The van der Waals surface area contributed by atoms with Gasteiger partial charge in [-0.25, -0.2) is 0 Å². The monoisotopic (exact) mass is 456 g/mol. The Balaban J connectivity index is 0.00000529. The van der Waals surface area contributed by atoms with Crippen LogP contribution in [0.2, 0.25) is 0 Å². The number of guanidine groups is 1. The summed E-state index contributed by atoms with van der Waals surface area (Å²) in [5.74, 6) is 1.54. The molecule has 1 fully saturated rings. The van der Waals surface area contributed by atoms with E-state index in [-0.39, 0.29) is 30.0 Å². The summed E-state index contributed by atoms with van der Waals surface area (Å²) in [5.41, 5.74) is 0. The van der Waals surface area contributed by atoms with E-state index in [9.17, 15) is 0 Å². The van der Waals surface area contributed by atoms with Crippen LogP contribution in [0.3, 0.4) is 0 Å². The lowest BCUT2D eigenvalue weighted by atomic mass is 10.0. The summed E-state index contributed by atoms with van der Waals surface area (Å²) in [4.78, 5) is 7.34. The molecule has 1 rings (SSSR count). The molecule has 1 aliphatic rings. The number of hydrogen-bond donors (Lipinski definition) is 2. The first-order valence-corrected chi connectivity index (χ1v) is 8.92. The quantitative estimate of drug-likeness (QED) is 0.316. The number of methoxy groups -OCH3 is 1. The first-order chi connectivity index (χ1) is 11.1. The Morgan fingerprint density at radius 1 is 1.25 bits per heavy atom. The first-order valence-electron chi connectivity index (χ1n) is 8.92. The Morgan fingerprint density at radius 3 is 2.46 bits per heavy atom. The lowest BCUT2D eigenvalue weighted by Gasteiger charge is -2.34. The number of morpholine rings is 1. The third-order valence-corrected chi connectivity index (χ3v) is 3.91. The largest absolute Gasteiger partial charge is 0.383 e. The molecule has 7 heteroatoms. The minimum atomic E-state index is 0. The second-order valence-corrected chi connectivity index (χ2v) is 6.65. The number of nitrogens with one attached hydrogen (secondary N) is 2. The number of aliphatic imine (C=N–C) groups is 1. The fraction of sp³-hybridized carbons (Fsp3) is 0.941. The predicted molar refractivity (Wildman–Crippen MR) is 112 cm³/mol. The van der Waals surface area contributed by atoms with Gasteiger partial charge in [0, 0.05) is 38.8 Å². The molecule has 0 aliphatic carbocycles. The number of rotatable bonds is 9. The summed E-state index contributed by atoms with van der Waals surface area (Å²) in [6.45, 7) is 14.8. The van der Waals surface area contributed by atoms with Gasteiger partial charge in [-0.2, -0.15) is 0 Å². The van der Waals surface area contributed by atoms with Crippen LogP contribution >= 0.6 is 24.0 Å². The lowest BCUT2D eigenvalue weighted by molar-refractivity contribution is 0.0143. The van der Waals surface area contributed by atoms with Gasteiger partial charge < -0.3 is 20.1 Å². The van der Waals surface area contributed by atoms with Gasteiger partial charge in [0.1, 0.15) is 0 Å². The molecule has 24 heavy (non-hydrogen) atoms. The highest BCUT2D eigenvalue weighted by atomic mass is 127. The molecule has 0 aromatic carbocycles. The van der Waals surface area contributed by atoms with Crippen LogP contribution in [0.1, 0.15) is 34.1 Å². The van der Waals surface area contributed by atoms with Crippen LogP contribution in [0.25, 0.3) is 0 Å². The van der Waals surface area contributed by atoms with E-state index in [1.165, 1.54) is 0 Å². The molecule has 0 amide bonds. The maximum atomic E-state index is 5.48. The fourth-order valence-electron chi connectivity index (χ4n) is 2.87. The molecule has 2 N–H and O–H groups in total. The SMILES string of the molecule is CCNC(=NCC(CC(C)C)N1CCOCC1)NC(C)COC.I. The molecular weight excluding hydrogens is 419 g/mol. The lowest BCUT2D eigenvalue weighted by Crippen LogP contribution is -2.47. The van der Waals surface area contributed by atoms with Gasteiger partial charge in [0.2, 0.25) is 0 Å². The van der Waals surface area contributed by atoms with Gasteiger partial charge in [-0.3, -0.25) is 9.89 Å². The van der Waals surface area contributed by atoms with Crippen molar-refractivity contribution in [3.8, 4) is 0 Å². The van der Waals surface area contributed by atoms with Crippen LogP contribution < -0.4 is 10.6 Å². The van der Waals surface area contributed by atoms with E-state index in [4.69, 9.17) is 14.5 Å². The third kappa shape index (κ3) is 10.0. The van der Waals surface area contributed by atoms with Crippen molar-refractivity contribution in [1.82, 2.24) is 15.5 Å². The fourth-order valence-corrected chi connectivity index (χ4v) is 2.87. The Labute approximate surface area is 165 Å². The minimum absolute atomic E-state index is 0. The summed E-state index contributed by atoms with van der Waals surface area (Å²) in [5, 5.41) is 6.72. The second kappa shape index (κ2) is 14.1. The Kier molecular flexibility index (Phi) is 14.0. The highest BCUT2D eigenvalue weighted by molar-refractivity contribution is 14.0. The van der Waals surface area contributed by atoms with E-state index >= 15 is 0 Å². The standard InChI is InChI=1S/C17H36N4O2.HI/c1-6-18-17(20-15(4)13-22-5)19-12-16(11-14(2)3)21-7-9-23-10-8-21;/h14-16H,6-13H2,1-5H3,(H2,18,19,20);1H. The van der Waals surface area contributed by atoms with Crippen molar-refractivity contribution < 1.29 is 9.47 Å². The van der Waals surface area contributed by atoms with E-state index in [0.717, 1.165) is 51.8 Å². The number of nitrogens with zero attached hydrogens (tertiary/aromatic N) is 2. The molecule has 144 valence electrons. The van der Waals surface area contributed by atoms with E-state index in [0.29, 0.717) is 18.6 Å². The number of ether oxygens (including phenoxy) is 2. The van der Waals surface area contributed by atoms with Crippen LogP contribution in [-0.2, 0) is 9.47 Å². The zero-order chi connectivity index (χ0) is 17.1. The van der Waals surface area contributed by atoms with Gasteiger partial charge in [-0.1, -0.05) is 13.8 Å². The number of hydrogen-bond acceptors (Lipinski definition) is 4. The zero-order valence-electron chi connectivity index (χ0n) is 16.0. The van der Waals surface area contributed by atoms with Crippen LogP contribution in [0.5, 0.6) is 0 Å². The second-order valence-electron chi connectivity index (χ2n) is 6.65. The Morgan fingerprint density at radius 2 is 1.92 bits per heavy atom. The average molecular weight is 456 g/mol. The normalized spacial score (nSPS) is 18.8. The van der Waals surface area contributed by atoms with Crippen LogP contribution in [0.15, 0.2) is 4.99 Å². The summed E-state index contributed by atoms with van der Waals surface area (Å²) in [6.07, 6.45) is 1.16. The molecule has 2 unspecified atom stereocenters. The Hall–Kier alpha value is -0.120. The van der Waals surface area contributed by atoms with Crippen LogP contribution in [0.4, 0.5) is 0 Å². The Bertz CT molecular complexity index is 337. The summed E-state index contributed by atoms with van der Waals surface area (Å²) < 4.78 is 10.7. The molecule has 0 aromatic rings. The summed E-state index contributed by atoms with van der Waals surface area (Å²) in [6, 6.07) is 0.719. The molecule has 0 saturated carbocycles. The van der Waals surface area contributed by atoms with Crippen molar-refractivity contribution in [2.75, 3.05) is 53.1 Å². The van der Waals surface area contributed by atoms with Crippen molar-refractivity contribution in [2.24, 2.45) is 10.9 Å². The molecule has 1 heterocycles. The van der Waals surface area contributed by atoms with Crippen LogP contribution in [0, 0.1) is 5.92 Å². The molecule has 2 atom stereocenters. The van der Waals surface area contributed by atoms with Crippen molar-refractivity contribution in [1.29, 1.82) is 0 Å². The first kappa shape index (κ1) is 23.9. The number of halogens is 1. The molecular formula is C17H37IN4O2. The third-order valence-electron chi connectivity index (χ3n) is 3.91. The topological polar surface area (TPSA) is 58.1 Å². The average Bonchev–Trinajstić information content (AvgIpc) is 2.52. The van der Waals surface area contributed by atoms with E-state index in [1.54, 1.807) is 7.11 Å². The molecule has 0 bridgehead atoms. The molecule has 0 radical (unpaired) electrons. The van der Waals surface area contributed by atoms with Crippen molar-refractivity contribution in [3.05, 3.63) is 0 Å². The van der Waals surface area contributed by atoms with Gasteiger partial charge in [0.15, 0.2) is 5.96 Å². The highest BCUT2D eigenvalue weighted by Gasteiger charge is 2.21. The smallest absolute Gasteiger partial charge is 0.191 e. The van der Waals surface area contributed by atoms with E-state index < -0.39 is 0 Å². The minimum Gasteiger partial charge on any atom is -0.383 e. The molecule has 0 spiro atoms.